The monoisotopic (exact) mass is 1090 g/mol. The highest BCUT2D eigenvalue weighted by atomic mass is 32.2. The van der Waals surface area contributed by atoms with Crippen LogP contribution in [0, 0.1) is 22.7 Å². The Labute approximate surface area is 442 Å². The molecule has 4 heterocycles. The van der Waals surface area contributed by atoms with Crippen molar-refractivity contribution in [1.29, 1.82) is 10.5 Å². The predicted octanol–water partition coefficient (Wildman–Crippen LogP) is 7.23. The summed E-state index contributed by atoms with van der Waals surface area (Å²) in [6, 6.07) is 26.0. The minimum absolute atomic E-state index is 0.0214. The first-order valence-electron chi connectivity index (χ1n) is 24.0. The van der Waals surface area contributed by atoms with Crippen molar-refractivity contribution in [3.8, 4) is 12.1 Å². The third-order valence-corrected chi connectivity index (χ3v) is 15.1. The number of benzene rings is 5. The molecule has 6 amide bonds. The largest absolute Gasteiger partial charge is 0.815 e. The molecule has 17 nitrogen and oxygen atoms in total. The minimum atomic E-state index is -4.78. The van der Waals surface area contributed by atoms with Crippen LogP contribution >= 0.6 is 0 Å². The highest BCUT2D eigenvalue weighted by molar-refractivity contribution is 7.90. The van der Waals surface area contributed by atoms with E-state index in [4.69, 9.17) is 0 Å². The molecule has 9 rings (SSSR count). The highest BCUT2D eigenvalue weighted by Crippen LogP contribution is 2.42. The van der Waals surface area contributed by atoms with Crippen LogP contribution in [-0.4, -0.2) is 98.9 Å². The lowest BCUT2D eigenvalue weighted by molar-refractivity contribution is -0.849. The number of anilines is 2. The molecule has 5 aromatic rings. The van der Waals surface area contributed by atoms with Gasteiger partial charge < -0.3 is 25.5 Å². The van der Waals surface area contributed by atoms with Gasteiger partial charge in [0.1, 0.15) is 0 Å². The molecule has 0 saturated carbocycles. The number of quaternary nitrogens is 1. The lowest BCUT2D eigenvalue weighted by Crippen LogP contribution is -2.57. The molecule has 78 heavy (non-hydrogen) atoms. The second-order valence-electron chi connectivity index (χ2n) is 18.9. The van der Waals surface area contributed by atoms with Gasteiger partial charge in [-0.25, -0.2) is 9.59 Å². The highest BCUT2D eigenvalue weighted by Gasteiger charge is 2.47. The van der Waals surface area contributed by atoms with Crippen molar-refractivity contribution in [3.63, 3.8) is 0 Å². The molecule has 0 bridgehead atoms. The number of sulfonamides is 1. The van der Waals surface area contributed by atoms with Crippen LogP contribution in [0.15, 0.2) is 159 Å². The van der Waals surface area contributed by atoms with Gasteiger partial charge >= 0.3 is 24.4 Å². The fourth-order valence-corrected chi connectivity index (χ4v) is 10.9. The van der Waals surface area contributed by atoms with E-state index in [9.17, 15) is 69.6 Å². The number of nitrogens with zero attached hydrogens (tertiary/aromatic N) is 8. The van der Waals surface area contributed by atoms with E-state index in [1.165, 1.54) is 102 Å². The van der Waals surface area contributed by atoms with Gasteiger partial charge in [-0.15, -0.1) is 4.40 Å². The third-order valence-electron chi connectivity index (χ3n) is 13.9. The number of rotatable bonds is 14. The lowest BCUT2D eigenvalue weighted by atomic mass is 9.94. The number of urea groups is 2. The van der Waals surface area contributed by atoms with Crippen LogP contribution in [0.3, 0.4) is 0 Å². The zero-order valence-corrected chi connectivity index (χ0v) is 41.9. The van der Waals surface area contributed by atoms with Crippen molar-refractivity contribution in [2.45, 2.75) is 42.2 Å². The average molecular weight is 1090 g/mol. The van der Waals surface area contributed by atoms with Gasteiger partial charge in [-0.05, 0) is 83.9 Å². The quantitative estimate of drug-likeness (QED) is 0.0495. The minimum Gasteiger partial charge on any atom is -0.815 e. The standard InChI is InChI=1S/C54H44F6N10O7S/c1-70(52(75)65-78(76,77)41-13-3-2-4-14-41,25-7-23-66-31-42-44(48(66)71)46(35-19-15-33(29-61)16-20-35)63-50(73)68(42)39-11-5-9-37(27-39)53(55,56)57)26-8-24-67-32-43-45(49(67)72)47(36-21-17-34(30-62)18-22-36)64-51(74)69(43)40-12-6-10-38(28-40)54(58,59)60/h2-6,9-22,27-28,46-47H,7-8,23-26,31-32H2,1H3,(H2-,63,64,65,73,74,75)/t46-,47-/m1/s1. The molecule has 24 heteroatoms. The number of amidine groups is 1. The van der Waals surface area contributed by atoms with Gasteiger partial charge in [0.15, 0.2) is 6.02 Å². The SMILES string of the molecule is C[N+](CCCN1CC2=C(C1=O)[C@@H](c1ccc(C#N)cc1)NC(=O)N2c1cccc(C(F)(F)F)c1)(CCCN1CC2=C(C1=O)[C@@H](c1ccc(C#N)cc1)NC(=O)N2c1cccc(C(F)(F)F)c1)/C([O-])=N/S(=O)(=O)c1ccccc1. The van der Waals surface area contributed by atoms with Crippen LogP contribution in [0.1, 0.15) is 58.3 Å². The number of nitriles is 2. The number of alkyl halides is 6. The second kappa shape index (κ2) is 20.8. The normalized spacial score (nSPS) is 18.2. The second-order valence-corrected chi connectivity index (χ2v) is 20.5. The van der Waals surface area contributed by atoms with Gasteiger partial charge in [0.25, 0.3) is 21.8 Å². The van der Waals surface area contributed by atoms with Gasteiger partial charge in [-0.2, -0.15) is 45.3 Å². The Morgan fingerprint density at radius 1 is 0.641 bits per heavy atom. The molecule has 0 unspecified atom stereocenters. The summed E-state index contributed by atoms with van der Waals surface area (Å²) in [6.45, 7) is -1.18. The molecule has 5 aromatic carbocycles. The average Bonchev–Trinajstić information content (AvgIpc) is 3.96. The maximum atomic E-state index is 14.5. The summed E-state index contributed by atoms with van der Waals surface area (Å²) in [5.74, 6) is -1.22. The van der Waals surface area contributed by atoms with E-state index < -0.39 is 80.0 Å². The summed E-state index contributed by atoms with van der Waals surface area (Å²) < 4.78 is 114. The van der Waals surface area contributed by atoms with Gasteiger partial charge in [-0.3, -0.25) is 23.9 Å². The fraction of sp³-hybridized carbons (Fsp3) is 0.241. The maximum absolute atomic E-state index is 14.5. The van der Waals surface area contributed by atoms with Crippen molar-refractivity contribution < 1.29 is 63.5 Å². The zero-order valence-electron chi connectivity index (χ0n) is 41.0. The Bertz CT molecular complexity index is 3350. The van der Waals surface area contributed by atoms with E-state index in [1.807, 2.05) is 12.1 Å². The predicted molar refractivity (Wildman–Crippen MR) is 266 cm³/mol. The Morgan fingerprint density at radius 2 is 1.05 bits per heavy atom. The van der Waals surface area contributed by atoms with Gasteiger partial charge in [0.05, 0.1) is 119 Å². The van der Waals surface area contributed by atoms with E-state index in [1.54, 1.807) is 6.07 Å². The maximum Gasteiger partial charge on any atom is 0.416 e. The number of hydrogen-bond acceptors (Lipinski definition) is 9. The fourth-order valence-electron chi connectivity index (χ4n) is 9.91. The summed E-state index contributed by atoms with van der Waals surface area (Å²) in [6.07, 6.45) is -9.59. The third kappa shape index (κ3) is 10.6. The Morgan fingerprint density at radius 3 is 1.44 bits per heavy atom. The number of carbonyl (C=O) groups is 4. The van der Waals surface area contributed by atoms with Crippen molar-refractivity contribution in [3.05, 3.63) is 183 Å². The number of halogens is 6. The Hall–Kier alpha value is -9.00. The molecule has 4 aliphatic rings. The van der Waals surface area contributed by atoms with E-state index >= 15 is 0 Å². The topological polar surface area (TPSA) is 222 Å². The molecule has 0 saturated heterocycles. The molecular weight excluding hydrogens is 1050 g/mol. The van der Waals surface area contributed by atoms with E-state index in [2.05, 4.69) is 15.0 Å². The van der Waals surface area contributed by atoms with Crippen LogP contribution in [0.4, 0.5) is 47.3 Å². The molecule has 0 radical (unpaired) electrons. The molecule has 0 fully saturated rings. The first kappa shape index (κ1) is 53.8. The number of carbonyl (C=O) groups excluding carboxylic acids is 4. The van der Waals surface area contributed by atoms with E-state index in [0.29, 0.717) is 11.1 Å². The summed E-state index contributed by atoms with van der Waals surface area (Å²) in [5.41, 5.74) is -0.879. The molecule has 0 aliphatic carbocycles. The van der Waals surface area contributed by atoms with Crippen molar-refractivity contribution in [2.24, 2.45) is 4.40 Å². The number of hydrogen-bond donors (Lipinski definition) is 2. The van der Waals surface area contributed by atoms with Crippen LogP contribution in [-0.2, 0) is 32.0 Å². The van der Waals surface area contributed by atoms with Crippen molar-refractivity contribution in [2.75, 3.05) is 56.1 Å². The summed E-state index contributed by atoms with van der Waals surface area (Å²) in [7, 11) is -3.18. The van der Waals surface area contributed by atoms with Crippen LogP contribution < -0.4 is 25.5 Å². The van der Waals surface area contributed by atoms with Gasteiger partial charge in [-0.1, -0.05) is 54.6 Å². The summed E-state index contributed by atoms with van der Waals surface area (Å²) in [4.78, 5) is 61.3. The first-order valence-corrected chi connectivity index (χ1v) is 25.5. The molecule has 2 N–H and O–H groups in total. The molecule has 0 aromatic heterocycles. The zero-order chi connectivity index (χ0) is 55.9. The van der Waals surface area contributed by atoms with Gasteiger partial charge in [0.2, 0.25) is 0 Å². The Kier molecular flexibility index (Phi) is 14.4. The molecule has 0 spiro atoms. The molecule has 2 atom stereocenters. The van der Waals surface area contributed by atoms with Gasteiger partial charge in [0, 0.05) is 25.9 Å². The first-order chi connectivity index (χ1) is 37.0. The van der Waals surface area contributed by atoms with Crippen molar-refractivity contribution in [1.82, 2.24) is 20.4 Å². The Balaban J connectivity index is 0.986. The summed E-state index contributed by atoms with van der Waals surface area (Å²) in [5, 5.41) is 38.6. The molecule has 4 aliphatic heterocycles. The smallest absolute Gasteiger partial charge is 0.416 e. The number of nitrogens with one attached hydrogen (secondary N) is 2. The van der Waals surface area contributed by atoms with E-state index in [0.717, 1.165) is 46.2 Å². The van der Waals surface area contributed by atoms with Crippen LogP contribution in [0.25, 0.3) is 0 Å². The van der Waals surface area contributed by atoms with Crippen molar-refractivity contribution >= 4 is 51.3 Å². The van der Waals surface area contributed by atoms with E-state index in [-0.39, 0.29) is 102 Å². The number of amides is 6. The van der Waals surface area contributed by atoms with Crippen LogP contribution in [0.5, 0.6) is 0 Å². The van der Waals surface area contributed by atoms with Crippen LogP contribution in [0.2, 0.25) is 0 Å². The molecule has 400 valence electrons. The lowest BCUT2D eigenvalue weighted by Gasteiger charge is -2.38. The molecular formula is C54H44F6N10O7S. The summed E-state index contributed by atoms with van der Waals surface area (Å²) >= 11 is 0.